The van der Waals surface area contributed by atoms with Crippen LogP contribution in [-0.4, -0.2) is 47.9 Å². The Kier molecular flexibility index (Phi) is 4.91. The van der Waals surface area contributed by atoms with Gasteiger partial charge >= 0.3 is 0 Å². The average molecular weight is 256 g/mol. The lowest BCUT2D eigenvalue weighted by atomic mass is 9.79. The third-order valence-corrected chi connectivity index (χ3v) is 3.77. The monoisotopic (exact) mass is 256 g/mol. The van der Waals surface area contributed by atoms with Crippen molar-refractivity contribution in [3.8, 4) is 0 Å². The standard InChI is InChI=1S/C12H19FN2O.C2H6/c1-9(2)14-5-4-12(6-14)7-15(8-12)11(16)10(3)13;1-2/h9H,3-8H2,1-2H3;1-2H3. The summed E-state index contributed by atoms with van der Waals surface area (Å²) in [5, 5.41) is 0. The van der Waals surface area contributed by atoms with Gasteiger partial charge in [0.2, 0.25) is 0 Å². The second-order valence-electron chi connectivity index (χ2n) is 5.38. The maximum atomic E-state index is 12.7. The van der Waals surface area contributed by atoms with Crippen LogP contribution in [-0.2, 0) is 4.79 Å². The molecule has 2 fully saturated rings. The highest BCUT2D eigenvalue weighted by Crippen LogP contribution is 2.40. The minimum absolute atomic E-state index is 0.232. The van der Waals surface area contributed by atoms with Crippen LogP contribution < -0.4 is 0 Å². The molecule has 0 aromatic heterocycles. The van der Waals surface area contributed by atoms with Crippen LogP contribution in [0.5, 0.6) is 0 Å². The summed E-state index contributed by atoms with van der Waals surface area (Å²) in [7, 11) is 0. The Bertz CT molecular complexity index is 322. The normalized spacial score (nSPS) is 21.6. The van der Waals surface area contributed by atoms with E-state index in [0.717, 1.165) is 19.5 Å². The molecule has 3 nitrogen and oxygen atoms in total. The molecule has 2 aliphatic rings. The Morgan fingerprint density at radius 2 is 1.83 bits per heavy atom. The van der Waals surface area contributed by atoms with E-state index in [2.05, 4.69) is 25.3 Å². The fraction of sp³-hybridized carbons (Fsp3) is 0.786. The van der Waals surface area contributed by atoms with Crippen molar-refractivity contribution in [2.24, 2.45) is 5.41 Å². The maximum absolute atomic E-state index is 12.7. The molecule has 0 aromatic rings. The first-order valence-electron chi connectivity index (χ1n) is 6.81. The molecule has 0 saturated carbocycles. The summed E-state index contributed by atoms with van der Waals surface area (Å²) < 4.78 is 12.7. The van der Waals surface area contributed by atoms with Gasteiger partial charge in [-0.3, -0.25) is 4.79 Å². The van der Waals surface area contributed by atoms with Gasteiger partial charge in [0.25, 0.3) is 5.91 Å². The number of amides is 1. The molecule has 0 bridgehead atoms. The van der Waals surface area contributed by atoms with Crippen molar-refractivity contribution in [3.63, 3.8) is 0 Å². The van der Waals surface area contributed by atoms with Crippen molar-refractivity contribution in [1.29, 1.82) is 0 Å². The topological polar surface area (TPSA) is 23.6 Å². The second-order valence-corrected chi connectivity index (χ2v) is 5.38. The largest absolute Gasteiger partial charge is 0.335 e. The van der Waals surface area contributed by atoms with Gasteiger partial charge in [0.1, 0.15) is 0 Å². The van der Waals surface area contributed by atoms with E-state index >= 15 is 0 Å². The van der Waals surface area contributed by atoms with E-state index in [1.807, 2.05) is 13.8 Å². The van der Waals surface area contributed by atoms with Crippen LogP contribution in [0.3, 0.4) is 0 Å². The minimum Gasteiger partial charge on any atom is -0.335 e. The average Bonchev–Trinajstić information content (AvgIpc) is 2.73. The summed E-state index contributed by atoms with van der Waals surface area (Å²) in [6, 6.07) is 0.556. The Hall–Kier alpha value is -0.900. The van der Waals surface area contributed by atoms with Crippen molar-refractivity contribution in [2.45, 2.75) is 40.2 Å². The highest BCUT2D eigenvalue weighted by molar-refractivity contribution is 5.91. The zero-order valence-electron chi connectivity index (χ0n) is 12.0. The number of halogens is 1. The van der Waals surface area contributed by atoms with Gasteiger partial charge in [-0.1, -0.05) is 20.4 Å². The molecule has 0 unspecified atom stereocenters. The molecule has 0 aliphatic carbocycles. The van der Waals surface area contributed by atoms with Gasteiger partial charge in [0, 0.05) is 31.1 Å². The van der Waals surface area contributed by atoms with Crippen LogP contribution in [0.1, 0.15) is 34.1 Å². The van der Waals surface area contributed by atoms with Crippen LogP contribution in [0.4, 0.5) is 4.39 Å². The Morgan fingerprint density at radius 1 is 1.28 bits per heavy atom. The first-order chi connectivity index (χ1) is 8.43. The molecule has 2 rings (SSSR count). The van der Waals surface area contributed by atoms with Gasteiger partial charge in [-0.25, -0.2) is 4.39 Å². The SMILES string of the molecule is C=C(F)C(=O)N1CC2(CCN(C(C)C)C2)C1.CC. The van der Waals surface area contributed by atoms with Crippen LogP contribution in [0, 0.1) is 5.41 Å². The zero-order valence-corrected chi connectivity index (χ0v) is 12.0. The fourth-order valence-electron chi connectivity index (χ4n) is 2.75. The van der Waals surface area contributed by atoms with E-state index in [1.165, 1.54) is 0 Å². The first-order valence-corrected chi connectivity index (χ1v) is 6.81. The predicted molar refractivity (Wildman–Crippen MR) is 71.9 cm³/mol. The lowest BCUT2D eigenvalue weighted by Gasteiger charge is -2.48. The van der Waals surface area contributed by atoms with E-state index < -0.39 is 11.7 Å². The summed E-state index contributed by atoms with van der Waals surface area (Å²) >= 11 is 0. The molecular formula is C14H25FN2O. The van der Waals surface area contributed by atoms with Crippen LogP contribution in [0.15, 0.2) is 12.4 Å². The van der Waals surface area contributed by atoms with Crippen LogP contribution in [0.25, 0.3) is 0 Å². The Labute approximate surface area is 110 Å². The summed E-state index contributed by atoms with van der Waals surface area (Å²) in [5.41, 5.74) is 0.232. The molecule has 4 heteroatoms. The molecule has 0 radical (unpaired) electrons. The molecule has 0 aromatic carbocycles. The number of likely N-dealkylation sites (tertiary alicyclic amines) is 2. The highest BCUT2D eigenvalue weighted by Gasteiger charge is 2.49. The Balaban J connectivity index is 0.000000771. The zero-order chi connectivity index (χ0) is 13.9. The molecular weight excluding hydrogens is 231 g/mol. The summed E-state index contributed by atoms with van der Waals surface area (Å²) in [4.78, 5) is 15.3. The number of hydrogen-bond acceptors (Lipinski definition) is 2. The third kappa shape index (κ3) is 2.91. The number of hydrogen-bond donors (Lipinski definition) is 0. The predicted octanol–water partition coefficient (Wildman–Crippen LogP) is 2.44. The quantitative estimate of drug-likeness (QED) is 0.708. The van der Waals surface area contributed by atoms with Crippen LogP contribution in [0.2, 0.25) is 0 Å². The van der Waals surface area contributed by atoms with E-state index in [4.69, 9.17) is 0 Å². The smallest absolute Gasteiger partial charge is 0.282 e. The summed E-state index contributed by atoms with van der Waals surface area (Å²) in [6.45, 7) is 14.9. The van der Waals surface area contributed by atoms with Crippen molar-refractivity contribution < 1.29 is 9.18 Å². The van der Waals surface area contributed by atoms with Crippen LogP contribution >= 0.6 is 0 Å². The van der Waals surface area contributed by atoms with Gasteiger partial charge in [0.05, 0.1) is 0 Å². The summed E-state index contributed by atoms with van der Waals surface area (Å²) in [6.07, 6.45) is 1.12. The van der Waals surface area contributed by atoms with Gasteiger partial charge in [-0.2, -0.15) is 0 Å². The van der Waals surface area contributed by atoms with Crippen molar-refractivity contribution in [1.82, 2.24) is 9.80 Å². The maximum Gasteiger partial charge on any atom is 0.282 e. The molecule has 2 heterocycles. The molecule has 104 valence electrons. The van der Waals surface area contributed by atoms with Crippen molar-refractivity contribution >= 4 is 5.91 Å². The van der Waals surface area contributed by atoms with Gasteiger partial charge < -0.3 is 9.80 Å². The number of nitrogens with zero attached hydrogens (tertiary/aromatic N) is 2. The minimum atomic E-state index is -0.839. The number of carbonyl (C=O) groups is 1. The van der Waals surface area contributed by atoms with Crippen molar-refractivity contribution in [2.75, 3.05) is 26.2 Å². The van der Waals surface area contributed by atoms with E-state index in [-0.39, 0.29) is 5.41 Å². The first kappa shape index (κ1) is 15.2. The molecule has 0 atom stereocenters. The lowest BCUT2D eigenvalue weighted by Crippen LogP contribution is -2.59. The lowest BCUT2D eigenvalue weighted by molar-refractivity contribution is -0.140. The molecule has 1 amide bonds. The molecule has 2 saturated heterocycles. The highest BCUT2D eigenvalue weighted by atomic mass is 19.1. The van der Waals surface area contributed by atoms with E-state index in [0.29, 0.717) is 19.1 Å². The molecule has 0 N–H and O–H groups in total. The van der Waals surface area contributed by atoms with Crippen molar-refractivity contribution in [3.05, 3.63) is 12.4 Å². The second kappa shape index (κ2) is 5.83. The van der Waals surface area contributed by atoms with Gasteiger partial charge in [-0.05, 0) is 26.8 Å². The van der Waals surface area contributed by atoms with Gasteiger partial charge in [0.15, 0.2) is 5.83 Å². The summed E-state index contributed by atoms with van der Waals surface area (Å²) in [5.74, 6) is -1.37. The van der Waals surface area contributed by atoms with E-state index in [1.54, 1.807) is 4.90 Å². The number of carbonyl (C=O) groups excluding carboxylic acids is 1. The van der Waals surface area contributed by atoms with E-state index in [9.17, 15) is 9.18 Å². The number of rotatable bonds is 2. The molecule has 1 spiro atoms. The molecule has 2 aliphatic heterocycles. The van der Waals surface area contributed by atoms with Gasteiger partial charge in [-0.15, -0.1) is 0 Å². The Morgan fingerprint density at radius 3 is 2.22 bits per heavy atom. The molecule has 18 heavy (non-hydrogen) atoms. The fourth-order valence-corrected chi connectivity index (χ4v) is 2.75. The third-order valence-electron chi connectivity index (χ3n) is 3.77.